The smallest absolute Gasteiger partial charge is 0.137 e. The first-order valence-corrected chi connectivity index (χ1v) is 25.7. The van der Waals surface area contributed by atoms with Gasteiger partial charge in [0.25, 0.3) is 0 Å². The molecule has 0 fully saturated rings. The molecule has 352 valence electrons. The van der Waals surface area contributed by atoms with E-state index in [1.54, 1.807) is 0 Å². The Labute approximate surface area is 437 Å². The van der Waals surface area contributed by atoms with Crippen LogP contribution in [-0.2, 0) is 0 Å². The van der Waals surface area contributed by atoms with E-state index in [9.17, 15) is 0 Å². The zero-order chi connectivity index (χ0) is 49.7. The lowest BCUT2D eigenvalue weighted by Gasteiger charge is -2.31. The van der Waals surface area contributed by atoms with Crippen molar-refractivity contribution < 1.29 is 4.74 Å². The molecule has 1 aliphatic heterocycles. The van der Waals surface area contributed by atoms with Crippen molar-refractivity contribution in [2.75, 3.05) is 9.80 Å². The van der Waals surface area contributed by atoms with Crippen LogP contribution in [0.15, 0.2) is 291 Å². The van der Waals surface area contributed by atoms with Crippen LogP contribution >= 0.6 is 0 Å². The van der Waals surface area contributed by atoms with Crippen molar-refractivity contribution in [2.45, 2.75) is 0 Å². The predicted molar refractivity (Wildman–Crippen MR) is 316 cm³/mol. The molecule has 0 bridgehead atoms. The van der Waals surface area contributed by atoms with Gasteiger partial charge in [0.05, 0.1) is 17.1 Å². The molecule has 3 nitrogen and oxygen atoms in total. The van der Waals surface area contributed by atoms with Gasteiger partial charge in [0.2, 0.25) is 0 Å². The topological polar surface area (TPSA) is 15.7 Å². The van der Waals surface area contributed by atoms with Crippen molar-refractivity contribution in [3.05, 3.63) is 291 Å². The van der Waals surface area contributed by atoms with E-state index in [-0.39, 0.29) is 0 Å². The van der Waals surface area contributed by atoms with E-state index in [4.69, 9.17) is 4.74 Å². The summed E-state index contributed by atoms with van der Waals surface area (Å²) in [4.78, 5) is 4.82. The van der Waals surface area contributed by atoms with E-state index in [0.29, 0.717) is 0 Å². The van der Waals surface area contributed by atoms with E-state index in [0.717, 1.165) is 95.2 Å². The molecule has 14 rings (SSSR count). The Morgan fingerprint density at radius 2 is 0.680 bits per heavy atom. The number of rotatable bonds is 10. The standard InChI is InChI=1S/C72H48N2O/c1-7-22-49(23-8-1)53-38-42-67(62(44-53)51-26-11-3-12-27-51)73(55-30-15-5-16-31-55)57-40-41-60-66-47-64-58-34-19-20-35-59(58)69(48-65(64)61-36-21-37-70(72(61)66)75-71(60)46-57)74(56-32-17-6-18-33-56)68-43-39-54(50-24-9-2-10-25-50)45-63(68)52-28-13-4-14-29-52/h1-48H. The second kappa shape index (κ2) is 18.6. The SMILES string of the molecule is c1ccc(-c2ccc(N(c3ccccc3)c3ccc4c(c3)Oc3cccc5c3c-4cc3c4ccccc4c(N(c4ccccc4)c4ccc(-c6ccccc6)cc4-c4ccccc4)cc53)c(-c3ccccc3)c2)cc1. The monoisotopic (exact) mass is 956 g/mol. The van der Waals surface area contributed by atoms with Gasteiger partial charge < -0.3 is 14.5 Å². The third-order valence-corrected chi connectivity index (χ3v) is 14.8. The minimum atomic E-state index is 0.818. The Bertz CT molecular complexity index is 4240. The Morgan fingerprint density at radius 1 is 0.213 bits per heavy atom. The van der Waals surface area contributed by atoms with E-state index < -0.39 is 0 Å². The molecule has 0 saturated heterocycles. The molecule has 0 N–H and O–H groups in total. The van der Waals surface area contributed by atoms with Crippen molar-refractivity contribution in [1.29, 1.82) is 0 Å². The molecule has 1 aliphatic rings. The van der Waals surface area contributed by atoms with E-state index in [1.165, 1.54) is 38.4 Å². The first-order valence-electron chi connectivity index (χ1n) is 25.7. The van der Waals surface area contributed by atoms with Gasteiger partial charge in [0.1, 0.15) is 11.5 Å². The van der Waals surface area contributed by atoms with Gasteiger partial charge in [-0.15, -0.1) is 0 Å². The molecule has 0 amide bonds. The van der Waals surface area contributed by atoms with Crippen molar-refractivity contribution in [1.82, 2.24) is 0 Å². The summed E-state index contributed by atoms with van der Waals surface area (Å²) < 4.78 is 7.13. The number of ether oxygens (including phenoxy) is 1. The van der Waals surface area contributed by atoms with Crippen LogP contribution in [0.25, 0.3) is 88.0 Å². The molecule has 3 heteroatoms. The molecule has 0 aromatic heterocycles. The summed E-state index contributed by atoms with van der Waals surface area (Å²) in [5, 5.41) is 6.96. The molecular formula is C72H48N2O. The minimum Gasteiger partial charge on any atom is -0.456 e. The van der Waals surface area contributed by atoms with Crippen LogP contribution < -0.4 is 14.5 Å². The summed E-state index contributed by atoms with van der Waals surface area (Å²) >= 11 is 0. The Kier molecular flexibility index (Phi) is 10.8. The molecule has 0 spiro atoms. The van der Waals surface area contributed by atoms with Crippen molar-refractivity contribution >= 4 is 66.4 Å². The van der Waals surface area contributed by atoms with Crippen LogP contribution in [0.1, 0.15) is 0 Å². The molecular weight excluding hydrogens is 909 g/mol. The lowest BCUT2D eigenvalue weighted by atomic mass is 9.88. The fraction of sp³-hybridized carbons (Fsp3) is 0. The number of fused-ring (bicyclic) bond motifs is 6. The number of para-hydroxylation sites is 2. The maximum Gasteiger partial charge on any atom is 0.137 e. The first-order chi connectivity index (χ1) is 37.2. The van der Waals surface area contributed by atoms with Crippen LogP contribution in [0, 0.1) is 0 Å². The zero-order valence-electron chi connectivity index (χ0n) is 41.0. The van der Waals surface area contributed by atoms with Crippen LogP contribution in [0.5, 0.6) is 11.5 Å². The minimum absolute atomic E-state index is 0.818. The number of nitrogens with zero attached hydrogens (tertiary/aromatic N) is 2. The lowest BCUT2D eigenvalue weighted by Crippen LogP contribution is -2.12. The Hall–Kier alpha value is -9.96. The zero-order valence-corrected chi connectivity index (χ0v) is 41.0. The number of anilines is 6. The lowest BCUT2D eigenvalue weighted by molar-refractivity contribution is 0.487. The van der Waals surface area contributed by atoms with Gasteiger partial charge in [-0.25, -0.2) is 0 Å². The molecule has 13 aromatic rings. The van der Waals surface area contributed by atoms with Gasteiger partial charge in [0, 0.05) is 50.6 Å². The van der Waals surface area contributed by atoms with E-state index >= 15 is 0 Å². The van der Waals surface area contributed by atoms with Crippen molar-refractivity contribution in [2.24, 2.45) is 0 Å². The van der Waals surface area contributed by atoms with Crippen LogP contribution in [-0.4, -0.2) is 0 Å². The summed E-state index contributed by atoms with van der Waals surface area (Å²) in [5.41, 5.74) is 17.9. The summed E-state index contributed by atoms with van der Waals surface area (Å²) in [6, 6.07) is 105. The molecule has 13 aromatic carbocycles. The Morgan fingerprint density at radius 3 is 1.25 bits per heavy atom. The summed E-state index contributed by atoms with van der Waals surface area (Å²) in [5.74, 6) is 1.66. The molecule has 0 aliphatic carbocycles. The second-order valence-electron chi connectivity index (χ2n) is 19.2. The largest absolute Gasteiger partial charge is 0.456 e. The molecule has 0 saturated carbocycles. The van der Waals surface area contributed by atoms with E-state index in [2.05, 4.69) is 301 Å². The highest BCUT2D eigenvalue weighted by atomic mass is 16.5. The van der Waals surface area contributed by atoms with Crippen molar-refractivity contribution in [3.63, 3.8) is 0 Å². The van der Waals surface area contributed by atoms with Gasteiger partial charge in [0.15, 0.2) is 0 Å². The van der Waals surface area contributed by atoms with Crippen LogP contribution in [0.3, 0.4) is 0 Å². The van der Waals surface area contributed by atoms with Crippen molar-refractivity contribution in [3.8, 4) is 67.1 Å². The highest BCUT2D eigenvalue weighted by molar-refractivity contribution is 6.26. The number of hydrogen-bond donors (Lipinski definition) is 0. The number of hydrogen-bond acceptors (Lipinski definition) is 3. The van der Waals surface area contributed by atoms with Gasteiger partial charge in [-0.2, -0.15) is 0 Å². The normalized spacial score (nSPS) is 11.6. The summed E-state index contributed by atoms with van der Waals surface area (Å²) in [6.07, 6.45) is 0. The second-order valence-corrected chi connectivity index (χ2v) is 19.2. The fourth-order valence-electron chi connectivity index (χ4n) is 11.3. The van der Waals surface area contributed by atoms with Gasteiger partial charge in [-0.3, -0.25) is 0 Å². The van der Waals surface area contributed by atoms with Crippen LogP contribution in [0.4, 0.5) is 34.1 Å². The highest BCUT2D eigenvalue weighted by Gasteiger charge is 2.27. The van der Waals surface area contributed by atoms with Crippen LogP contribution in [0.2, 0.25) is 0 Å². The summed E-state index contributed by atoms with van der Waals surface area (Å²) in [6.45, 7) is 0. The average Bonchev–Trinajstić information content (AvgIpc) is 3.49. The van der Waals surface area contributed by atoms with Gasteiger partial charge in [-0.05, 0) is 139 Å². The molecule has 0 atom stereocenters. The fourth-order valence-corrected chi connectivity index (χ4v) is 11.3. The first kappa shape index (κ1) is 43.8. The Balaban J connectivity index is 0.954. The maximum atomic E-state index is 7.13. The molecule has 1 heterocycles. The average molecular weight is 957 g/mol. The van der Waals surface area contributed by atoms with E-state index in [1.807, 2.05) is 0 Å². The third kappa shape index (κ3) is 7.78. The molecule has 0 unspecified atom stereocenters. The molecule has 0 radical (unpaired) electrons. The third-order valence-electron chi connectivity index (χ3n) is 14.8. The number of benzene rings is 13. The highest BCUT2D eigenvalue weighted by Crippen LogP contribution is 2.54. The summed E-state index contributed by atoms with van der Waals surface area (Å²) in [7, 11) is 0. The quantitative estimate of drug-likeness (QED) is 0.127. The predicted octanol–water partition coefficient (Wildman–Crippen LogP) is 20.5. The van der Waals surface area contributed by atoms with Gasteiger partial charge in [-0.1, -0.05) is 206 Å². The molecule has 75 heavy (non-hydrogen) atoms. The van der Waals surface area contributed by atoms with Gasteiger partial charge >= 0.3 is 0 Å². The maximum absolute atomic E-state index is 7.13.